The second-order valence-corrected chi connectivity index (χ2v) is 4.36. The van der Waals surface area contributed by atoms with Crippen LogP contribution in [0.5, 0.6) is 5.88 Å². The minimum absolute atomic E-state index is 0.0596. The number of carboxylic acids is 1. The van der Waals surface area contributed by atoms with E-state index in [9.17, 15) is 4.79 Å². The highest BCUT2D eigenvalue weighted by Crippen LogP contribution is 2.27. The molecular formula is C12H11NO4S. The Labute approximate surface area is 108 Å². The van der Waals surface area contributed by atoms with Gasteiger partial charge in [-0.1, -0.05) is 17.8 Å². The van der Waals surface area contributed by atoms with Gasteiger partial charge in [0.25, 0.3) is 0 Å². The normalized spacial score (nSPS) is 10.3. The quantitative estimate of drug-likeness (QED) is 0.838. The average molecular weight is 265 g/mol. The predicted octanol–water partition coefficient (Wildman–Crippen LogP) is 2.67. The molecule has 0 radical (unpaired) electrons. The number of aromatic nitrogens is 1. The molecule has 0 saturated carbocycles. The summed E-state index contributed by atoms with van der Waals surface area (Å²) in [6, 6.07) is 6.80. The second-order valence-electron chi connectivity index (χ2n) is 3.38. The van der Waals surface area contributed by atoms with Crippen molar-refractivity contribution in [1.82, 2.24) is 4.98 Å². The highest BCUT2D eigenvalue weighted by atomic mass is 32.2. The third kappa shape index (κ3) is 2.84. The third-order valence-corrected chi connectivity index (χ3v) is 3.16. The molecule has 2 heterocycles. The minimum atomic E-state index is -1.07. The maximum Gasteiger partial charge on any atom is 0.371 e. The molecule has 2 aromatic rings. The summed E-state index contributed by atoms with van der Waals surface area (Å²) in [5.41, 5.74) is 0.929. The minimum Gasteiger partial charge on any atom is -0.481 e. The number of rotatable bonds is 5. The van der Waals surface area contributed by atoms with Crippen LogP contribution in [-0.4, -0.2) is 23.2 Å². The number of hydrogen-bond acceptors (Lipinski definition) is 5. The molecule has 0 saturated heterocycles. The molecule has 0 aromatic carbocycles. The van der Waals surface area contributed by atoms with E-state index in [2.05, 4.69) is 4.98 Å². The van der Waals surface area contributed by atoms with Crippen molar-refractivity contribution in [2.75, 3.05) is 7.11 Å². The van der Waals surface area contributed by atoms with E-state index in [1.807, 2.05) is 12.1 Å². The Morgan fingerprint density at radius 3 is 3.00 bits per heavy atom. The first kappa shape index (κ1) is 12.5. The molecule has 0 amide bonds. The van der Waals surface area contributed by atoms with Gasteiger partial charge in [-0.3, -0.25) is 0 Å². The van der Waals surface area contributed by atoms with Crippen molar-refractivity contribution in [2.24, 2.45) is 0 Å². The van der Waals surface area contributed by atoms with Crippen LogP contribution in [-0.2, 0) is 5.75 Å². The van der Waals surface area contributed by atoms with Gasteiger partial charge in [-0.25, -0.2) is 9.78 Å². The van der Waals surface area contributed by atoms with Crippen LogP contribution < -0.4 is 4.74 Å². The molecule has 0 aliphatic heterocycles. The van der Waals surface area contributed by atoms with Gasteiger partial charge in [0.05, 0.1) is 7.11 Å². The summed E-state index contributed by atoms with van der Waals surface area (Å²) in [6.07, 6.45) is 1.66. The van der Waals surface area contributed by atoms with Crippen LogP contribution in [0.3, 0.4) is 0 Å². The van der Waals surface area contributed by atoms with Gasteiger partial charge in [0.15, 0.2) is 5.09 Å². The molecule has 1 N–H and O–H groups in total. The van der Waals surface area contributed by atoms with E-state index < -0.39 is 5.97 Å². The molecular weight excluding hydrogens is 254 g/mol. The fourth-order valence-corrected chi connectivity index (χ4v) is 2.21. The standard InChI is InChI=1S/C12H11NO4S/c1-16-11-8(3-2-6-13-11)7-18-10-5-4-9(17-10)12(14)15/h2-6H,7H2,1H3,(H,14,15). The maximum atomic E-state index is 10.7. The molecule has 94 valence electrons. The third-order valence-electron chi connectivity index (χ3n) is 2.21. The number of carboxylic acid groups (broad SMARTS) is 1. The smallest absolute Gasteiger partial charge is 0.371 e. The summed E-state index contributed by atoms with van der Waals surface area (Å²) in [7, 11) is 1.56. The van der Waals surface area contributed by atoms with Crippen LogP contribution in [0.15, 0.2) is 40.0 Å². The topological polar surface area (TPSA) is 72.6 Å². The SMILES string of the molecule is COc1ncccc1CSc1ccc(C(=O)O)o1. The molecule has 0 atom stereocenters. The molecule has 6 heteroatoms. The average Bonchev–Trinajstić information content (AvgIpc) is 2.85. The Kier molecular flexibility index (Phi) is 3.88. The summed E-state index contributed by atoms with van der Waals surface area (Å²) >= 11 is 1.39. The second kappa shape index (κ2) is 5.59. The first-order valence-electron chi connectivity index (χ1n) is 5.14. The number of aromatic carboxylic acids is 1. The number of hydrogen-bond donors (Lipinski definition) is 1. The van der Waals surface area contributed by atoms with Crippen LogP contribution in [0.4, 0.5) is 0 Å². The van der Waals surface area contributed by atoms with Crippen LogP contribution in [0.2, 0.25) is 0 Å². The first-order chi connectivity index (χ1) is 8.70. The van der Waals surface area contributed by atoms with E-state index in [1.54, 1.807) is 19.4 Å². The Hall–Kier alpha value is -1.95. The van der Waals surface area contributed by atoms with E-state index in [0.717, 1.165) is 5.56 Å². The van der Waals surface area contributed by atoms with Crippen molar-refractivity contribution in [3.8, 4) is 5.88 Å². The Bertz CT molecular complexity index is 553. The first-order valence-corrected chi connectivity index (χ1v) is 6.13. The van der Waals surface area contributed by atoms with Crippen LogP contribution >= 0.6 is 11.8 Å². The Morgan fingerprint density at radius 1 is 1.50 bits per heavy atom. The zero-order valence-electron chi connectivity index (χ0n) is 9.62. The van der Waals surface area contributed by atoms with Crippen LogP contribution in [0, 0.1) is 0 Å². The molecule has 0 aliphatic carbocycles. The van der Waals surface area contributed by atoms with Crippen molar-refractivity contribution in [2.45, 2.75) is 10.8 Å². The summed E-state index contributed by atoms with van der Waals surface area (Å²) in [5.74, 6) is 0.0373. The number of nitrogens with zero attached hydrogens (tertiary/aromatic N) is 1. The Morgan fingerprint density at radius 2 is 2.33 bits per heavy atom. The predicted molar refractivity (Wildman–Crippen MR) is 66.0 cm³/mol. The number of pyridine rings is 1. The largest absolute Gasteiger partial charge is 0.481 e. The number of methoxy groups -OCH3 is 1. The molecule has 0 aliphatic rings. The summed E-state index contributed by atoms with van der Waals surface area (Å²) in [5, 5.41) is 9.29. The van der Waals surface area contributed by atoms with E-state index in [1.165, 1.54) is 17.8 Å². The molecule has 0 unspecified atom stereocenters. The lowest BCUT2D eigenvalue weighted by atomic mass is 10.3. The van der Waals surface area contributed by atoms with E-state index in [0.29, 0.717) is 16.7 Å². The van der Waals surface area contributed by atoms with Crippen molar-refractivity contribution in [3.05, 3.63) is 41.8 Å². The zero-order chi connectivity index (χ0) is 13.0. The van der Waals surface area contributed by atoms with Crippen LogP contribution in [0.25, 0.3) is 0 Å². The van der Waals surface area contributed by atoms with Gasteiger partial charge < -0.3 is 14.3 Å². The van der Waals surface area contributed by atoms with E-state index in [4.69, 9.17) is 14.3 Å². The lowest BCUT2D eigenvalue weighted by Crippen LogP contribution is -1.93. The molecule has 5 nitrogen and oxygen atoms in total. The summed E-state index contributed by atoms with van der Waals surface area (Å²) in [4.78, 5) is 14.7. The zero-order valence-corrected chi connectivity index (χ0v) is 10.4. The lowest BCUT2D eigenvalue weighted by molar-refractivity contribution is 0.0656. The van der Waals surface area contributed by atoms with E-state index in [-0.39, 0.29) is 5.76 Å². The van der Waals surface area contributed by atoms with Gasteiger partial charge in [0.1, 0.15) is 0 Å². The van der Waals surface area contributed by atoms with E-state index >= 15 is 0 Å². The number of furan rings is 1. The highest BCUT2D eigenvalue weighted by Gasteiger charge is 2.10. The maximum absolute atomic E-state index is 10.7. The van der Waals surface area contributed by atoms with Crippen molar-refractivity contribution in [1.29, 1.82) is 0 Å². The molecule has 2 aromatic heterocycles. The fraction of sp³-hybridized carbons (Fsp3) is 0.167. The number of thioether (sulfide) groups is 1. The van der Waals surface area contributed by atoms with Gasteiger partial charge in [-0.05, 0) is 18.2 Å². The van der Waals surface area contributed by atoms with Gasteiger partial charge in [0, 0.05) is 17.5 Å². The van der Waals surface area contributed by atoms with Crippen LogP contribution in [0.1, 0.15) is 16.1 Å². The molecule has 18 heavy (non-hydrogen) atoms. The van der Waals surface area contributed by atoms with Gasteiger partial charge in [-0.2, -0.15) is 0 Å². The molecule has 2 rings (SSSR count). The van der Waals surface area contributed by atoms with Gasteiger partial charge >= 0.3 is 5.97 Å². The van der Waals surface area contributed by atoms with Crippen molar-refractivity contribution >= 4 is 17.7 Å². The summed E-state index contributed by atoms with van der Waals surface area (Å²) in [6.45, 7) is 0. The van der Waals surface area contributed by atoms with Gasteiger partial charge in [-0.15, -0.1) is 0 Å². The monoisotopic (exact) mass is 265 g/mol. The number of ether oxygens (including phenoxy) is 1. The highest BCUT2D eigenvalue weighted by molar-refractivity contribution is 7.98. The fourth-order valence-electron chi connectivity index (χ4n) is 1.38. The van der Waals surface area contributed by atoms with Crippen molar-refractivity contribution < 1.29 is 19.1 Å². The molecule has 0 bridgehead atoms. The molecule has 0 fully saturated rings. The number of carbonyl (C=O) groups is 1. The summed E-state index contributed by atoms with van der Waals surface area (Å²) < 4.78 is 10.3. The van der Waals surface area contributed by atoms with Gasteiger partial charge in [0.2, 0.25) is 11.6 Å². The lowest BCUT2D eigenvalue weighted by Gasteiger charge is -2.04. The Balaban J connectivity index is 2.04. The molecule has 0 spiro atoms. The van der Waals surface area contributed by atoms with Crippen molar-refractivity contribution in [3.63, 3.8) is 0 Å².